The molecule has 0 amide bonds. The van der Waals surface area contributed by atoms with Crippen LogP contribution in [0.25, 0.3) is 5.70 Å². The zero-order chi connectivity index (χ0) is 16.7. The monoisotopic (exact) mass is 344 g/mol. The Morgan fingerprint density at radius 3 is 2.14 bits per heavy atom. The molecule has 0 fully saturated rings. The van der Waals surface area contributed by atoms with Crippen LogP contribution in [0.3, 0.4) is 0 Å². The number of sulfone groups is 1. The molecule has 0 unspecified atom stereocenters. The molecule has 0 saturated heterocycles. The predicted octanol–water partition coefficient (Wildman–Crippen LogP) is 2.26. The van der Waals surface area contributed by atoms with Gasteiger partial charge in [-0.3, -0.25) is 20.2 Å². The third-order valence-corrected chi connectivity index (χ3v) is 5.17. The Bertz CT molecular complexity index is 839. The fourth-order valence-electron chi connectivity index (χ4n) is 2.17. The Morgan fingerprint density at radius 2 is 1.73 bits per heavy atom. The Labute approximate surface area is 129 Å². The van der Waals surface area contributed by atoms with E-state index >= 15 is 0 Å². The van der Waals surface area contributed by atoms with Crippen molar-refractivity contribution in [3.63, 3.8) is 0 Å². The molecule has 1 heterocycles. The maximum Gasteiger partial charge on any atom is 0.295 e. The number of nitrogens with zero attached hydrogens (tertiary/aromatic N) is 2. The highest BCUT2D eigenvalue weighted by Crippen LogP contribution is 2.37. The summed E-state index contributed by atoms with van der Waals surface area (Å²) in [5.41, 5.74) is -1.45. The molecule has 1 aromatic carbocycles. The van der Waals surface area contributed by atoms with Crippen molar-refractivity contribution in [3.05, 3.63) is 71.3 Å². The summed E-state index contributed by atoms with van der Waals surface area (Å²) in [5, 5.41) is 22.6. The molecule has 1 aliphatic rings. The van der Waals surface area contributed by atoms with Gasteiger partial charge in [0.05, 0.1) is 15.4 Å². The summed E-state index contributed by atoms with van der Waals surface area (Å²) in [6.07, 6.45) is 0. The number of allylic oxidation sites excluding steroid dienone is 1. The Balaban J connectivity index is 2.83. The zero-order valence-corrected chi connectivity index (χ0v) is 12.7. The summed E-state index contributed by atoms with van der Waals surface area (Å²) in [5.74, 6) is -0.855. The van der Waals surface area contributed by atoms with Crippen molar-refractivity contribution in [3.8, 4) is 0 Å². The van der Waals surface area contributed by atoms with Gasteiger partial charge in [-0.25, -0.2) is 8.42 Å². The third kappa shape index (κ3) is 2.72. The van der Waals surface area contributed by atoms with E-state index in [2.05, 4.69) is 0 Å². The van der Waals surface area contributed by atoms with Gasteiger partial charge < -0.3 is 0 Å². The van der Waals surface area contributed by atoms with Crippen LogP contribution < -0.4 is 0 Å². The molecule has 8 nitrogen and oxygen atoms in total. The first-order chi connectivity index (χ1) is 10.1. The Kier molecular flexibility index (Phi) is 4.03. The molecule has 0 aromatic heterocycles. The van der Waals surface area contributed by atoms with Crippen LogP contribution in [0.2, 0.25) is 5.02 Å². The molecule has 0 aliphatic carbocycles. The minimum absolute atomic E-state index is 0.0110. The van der Waals surface area contributed by atoms with Crippen molar-refractivity contribution in [2.75, 3.05) is 5.75 Å². The average Bonchev–Trinajstić information content (AvgIpc) is 2.64. The van der Waals surface area contributed by atoms with Gasteiger partial charge in [0.2, 0.25) is 0 Å². The average molecular weight is 345 g/mol. The molecule has 1 aromatic rings. The molecule has 1 aliphatic heterocycles. The zero-order valence-electron chi connectivity index (χ0n) is 11.1. The van der Waals surface area contributed by atoms with Crippen LogP contribution in [0.4, 0.5) is 0 Å². The topological polar surface area (TPSA) is 120 Å². The van der Waals surface area contributed by atoms with E-state index in [1.807, 2.05) is 0 Å². The van der Waals surface area contributed by atoms with Crippen LogP contribution >= 0.6 is 11.6 Å². The van der Waals surface area contributed by atoms with Gasteiger partial charge in [0.1, 0.15) is 5.75 Å². The molecule has 0 saturated carbocycles. The van der Waals surface area contributed by atoms with Crippen LogP contribution in [0.5, 0.6) is 0 Å². The second-order valence-electron chi connectivity index (χ2n) is 4.53. The molecule has 10 heteroatoms. The molecule has 2 rings (SSSR count). The summed E-state index contributed by atoms with van der Waals surface area (Å²) in [7, 11) is -4.14. The van der Waals surface area contributed by atoms with Crippen molar-refractivity contribution >= 4 is 27.1 Å². The quantitative estimate of drug-likeness (QED) is 0.612. The normalized spacial score (nSPS) is 19.2. The molecule has 116 valence electrons. The van der Waals surface area contributed by atoms with Crippen LogP contribution in [0.1, 0.15) is 12.5 Å². The van der Waals surface area contributed by atoms with E-state index in [0.717, 1.165) is 0 Å². The largest absolute Gasteiger partial charge is 0.295 e. The fourth-order valence-corrected chi connectivity index (χ4v) is 4.19. The van der Waals surface area contributed by atoms with Crippen molar-refractivity contribution in [2.24, 2.45) is 0 Å². The van der Waals surface area contributed by atoms with Gasteiger partial charge in [0.25, 0.3) is 11.4 Å². The van der Waals surface area contributed by atoms with E-state index in [1.165, 1.54) is 31.2 Å². The van der Waals surface area contributed by atoms with Crippen LogP contribution in [-0.2, 0) is 9.84 Å². The van der Waals surface area contributed by atoms with E-state index in [9.17, 15) is 28.6 Å². The van der Waals surface area contributed by atoms with Gasteiger partial charge in [0.15, 0.2) is 14.7 Å². The van der Waals surface area contributed by atoms with Crippen molar-refractivity contribution in [1.29, 1.82) is 0 Å². The molecule has 0 bridgehead atoms. The number of hydrogen-bond donors (Lipinski definition) is 0. The number of benzene rings is 1. The first-order valence-electron chi connectivity index (χ1n) is 5.87. The summed E-state index contributed by atoms with van der Waals surface area (Å²) in [4.78, 5) is 19.9. The fraction of sp³-hybridized carbons (Fsp3) is 0.167. The predicted molar refractivity (Wildman–Crippen MR) is 78.8 cm³/mol. The lowest BCUT2D eigenvalue weighted by Crippen LogP contribution is -2.10. The summed E-state index contributed by atoms with van der Waals surface area (Å²) >= 11 is 5.70. The van der Waals surface area contributed by atoms with Crippen molar-refractivity contribution in [1.82, 2.24) is 0 Å². The molecule has 0 atom stereocenters. The highest BCUT2D eigenvalue weighted by Gasteiger charge is 2.44. The second kappa shape index (κ2) is 5.50. The first-order valence-corrected chi connectivity index (χ1v) is 7.90. The van der Waals surface area contributed by atoms with Crippen molar-refractivity contribution < 1.29 is 18.3 Å². The lowest BCUT2D eigenvalue weighted by atomic mass is 10.1. The standard InChI is InChI=1S/C12H9ClN2O6S/c1-7-10(14(16)17)6-22(20,21)12(7)11(15(18)19)8-2-4-9(13)5-3-8/h2-5H,6H2,1H3. The highest BCUT2D eigenvalue weighted by atomic mass is 35.5. The SMILES string of the molecule is CC1=C([N+](=O)[O-])CS(=O)(=O)C1=C(c1ccc(Cl)cc1)[N+](=O)[O-]. The van der Waals surface area contributed by atoms with E-state index in [1.54, 1.807) is 0 Å². The first kappa shape index (κ1) is 16.1. The molecule has 0 N–H and O–H groups in total. The maximum atomic E-state index is 12.1. The Hall–Kier alpha value is -2.26. The van der Waals surface area contributed by atoms with Crippen molar-refractivity contribution in [2.45, 2.75) is 6.92 Å². The minimum Gasteiger partial charge on any atom is -0.259 e. The van der Waals surface area contributed by atoms with Crippen LogP contribution in [0, 0.1) is 20.2 Å². The number of halogens is 1. The number of nitro groups is 2. The third-order valence-electron chi connectivity index (χ3n) is 3.15. The minimum atomic E-state index is -4.14. The number of hydrogen-bond acceptors (Lipinski definition) is 6. The number of rotatable bonds is 3. The molecule has 0 radical (unpaired) electrons. The molecular formula is C12H9ClN2O6S. The van der Waals surface area contributed by atoms with Gasteiger partial charge in [-0.1, -0.05) is 11.6 Å². The van der Waals surface area contributed by atoms with Gasteiger partial charge in [-0.05, 0) is 31.2 Å². The summed E-state index contributed by atoms with van der Waals surface area (Å²) in [6, 6.07) is 5.33. The molecule has 22 heavy (non-hydrogen) atoms. The highest BCUT2D eigenvalue weighted by molar-refractivity contribution is 7.96. The van der Waals surface area contributed by atoms with E-state index < -0.39 is 41.7 Å². The Morgan fingerprint density at radius 1 is 1.18 bits per heavy atom. The molecular weight excluding hydrogens is 336 g/mol. The van der Waals surface area contributed by atoms with Gasteiger partial charge >= 0.3 is 0 Å². The summed E-state index contributed by atoms with van der Waals surface area (Å²) in [6.45, 7) is 1.19. The van der Waals surface area contributed by atoms with E-state index in [4.69, 9.17) is 11.6 Å². The lowest BCUT2D eigenvalue weighted by molar-refractivity contribution is -0.424. The lowest BCUT2D eigenvalue weighted by Gasteiger charge is -2.04. The van der Waals surface area contributed by atoms with E-state index in [0.29, 0.717) is 5.02 Å². The maximum absolute atomic E-state index is 12.1. The summed E-state index contributed by atoms with van der Waals surface area (Å²) < 4.78 is 24.3. The molecule has 0 spiro atoms. The van der Waals surface area contributed by atoms with Gasteiger partial charge in [-0.15, -0.1) is 0 Å². The van der Waals surface area contributed by atoms with E-state index in [-0.39, 0.29) is 11.1 Å². The van der Waals surface area contributed by atoms with Crippen LogP contribution in [0.15, 0.2) is 40.4 Å². The van der Waals surface area contributed by atoms with Crippen LogP contribution in [-0.4, -0.2) is 24.0 Å². The smallest absolute Gasteiger partial charge is 0.259 e. The second-order valence-corrected chi connectivity index (χ2v) is 6.89. The van der Waals surface area contributed by atoms with Gasteiger partial charge in [0, 0.05) is 10.6 Å². The van der Waals surface area contributed by atoms with Gasteiger partial charge in [-0.2, -0.15) is 0 Å².